The number of benzene rings is 1. The number of anilines is 1. The number of amides is 1. The zero-order valence-corrected chi connectivity index (χ0v) is 12.8. The highest BCUT2D eigenvalue weighted by Crippen LogP contribution is 2.24. The summed E-state index contributed by atoms with van der Waals surface area (Å²) in [4.78, 5) is 37.4. The second-order valence-corrected chi connectivity index (χ2v) is 5.11. The molecule has 1 saturated heterocycles. The number of hydrogen-bond acceptors (Lipinski definition) is 5. The average molecular weight is 305 g/mol. The molecule has 1 heterocycles. The number of esters is 2. The third-order valence-electron chi connectivity index (χ3n) is 3.65. The van der Waals surface area contributed by atoms with E-state index in [1.165, 1.54) is 20.3 Å². The van der Waals surface area contributed by atoms with Gasteiger partial charge in [-0.2, -0.15) is 0 Å². The average Bonchev–Trinajstić information content (AvgIpc) is 2.77. The van der Waals surface area contributed by atoms with Crippen molar-refractivity contribution in [1.29, 1.82) is 0 Å². The summed E-state index contributed by atoms with van der Waals surface area (Å²) in [5.41, 5.74) is 0.963. The summed E-state index contributed by atoms with van der Waals surface area (Å²) >= 11 is 0. The lowest BCUT2D eigenvalue weighted by atomic mass is 10.1. The molecule has 1 amide bonds. The lowest BCUT2D eigenvalue weighted by Gasteiger charge is -2.21. The van der Waals surface area contributed by atoms with E-state index in [0.29, 0.717) is 18.7 Å². The molecule has 1 aromatic rings. The summed E-state index contributed by atoms with van der Waals surface area (Å²) in [7, 11) is 2.54. The molecule has 1 aliphatic rings. The Bertz CT molecular complexity index is 562. The minimum Gasteiger partial charge on any atom is -0.465 e. The highest BCUT2D eigenvalue weighted by Gasteiger charge is 2.22. The molecule has 0 N–H and O–H groups in total. The molecule has 1 fully saturated rings. The molecule has 0 unspecified atom stereocenters. The Hall–Kier alpha value is -2.37. The smallest absolute Gasteiger partial charge is 0.337 e. The van der Waals surface area contributed by atoms with Gasteiger partial charge in [0, 0.05) is 18.7 Å². The van der Waals surface area contributed by atoms with Crippen molar-refractivity contribution in [2.75, 3.05) is 25.7 Å². The molecule has 0 atom stereocenters. The highest BCUT2D eigenvalue weighted by molar-refractivity contribution is 6.00. The van der Waals surface area contributed by atoms with E-state index in [2.05, 4.69) is 0 Å². The minimum atomic E-state index is -0.561. The van der Waals surface area contributed by atoms with Crippen LogP contribution in [0.25, 0.3) is 0 Å². The summed E-state index contributed by atoms with van der Waals surface area (Å²) in [5, 5.41) is 0. The molecule has 6 nitrogen and oxygen atoms in total. The van der Waals surface area contributed by atoms with Crippen LogP contribution < -0.4 is 4.90 Å². The van der Waals surface area contributed by atoms with Gasteiger partial charge in [0.25, 0.3) is 0 Å². The summed E-state index contributed by atoms with van der Waals surface area (Å²) in [6.07, 6.45) is 3.20. The Labute approximate surface area is 129 Å². The number of nitrogens with zero attached hydrogens (tertiary/aromatic N) is 1. The fourth-order valence-corrected chi connectivity index (χ4v) is 2.49. The van der Waals surface area contributed by atoms with Crippen molar-refractivity contribution >= 4 is 23.5 Å². The lowest BCUT2D eigenvalue weighted by Crippen LogP contribution is -2.30. The first-order valence-electron chi connectivity index (χ1n) is 7.19. The van der Waals surface area contributed by atoms with Gasteiger partial charge >= 0.3 is 11.9 Å². The summed E-state index contributed by atoms with van der Waals surface area (Å²) in [5.74, 6) is -1.13. The quantitative estimate of drug-likeness (QED) is 0.800. The van der Waals surface area contributed by atoms with Gasteiger partial charge in [-0.25, -0.2) is 9.59 Å². The Morgan fingerprint density at radius 3 is 2.09 bits per heavy atom. The molecular weight excluding hydrogens is 286 g/mol. The number of carbonyl (C=O) groups excluding carboxylic acids is 3. The number of methoxy groups -OCH3 is 2. The van der Waals surface area contributed by atoms with E-state index in [1.807, 2.05) is 0 Å². The molecule has 118 valence electrons. The molecule has 0 bridgehead atoms. The maximum Gasteiger partial charge on any atom is 0.337 e. The summed E-state index contributed by atoms with van der Waals surface area (Å²) < 4.78 is 9.41. The predicted octanol–water partition coefficient (Wildman–Crippen LogP) is 2.17. The zero-order valence-electron chi connectivity index (χ0n) is 12.8. The van der Waals surface area contributed by atoms with Crippen molar-refractivity contribution in [1.82, 2.24) is 0 Å². The number of hydrogen-bond donors (Lipinski definition) is 0. The van der Waals surface area contributed by atoms with Crippen LogP contribution in [0.4, 0.5) is 5.69 Å². The van der Waals surface area contributed by atoms with Crippen molar-refractivity contribution in [3.05, 3.63) is 29.3 Å². The van der Waals surface area contributed by atoms with E-state index in [-0.39, 0.29) is 17.0 Å². The SMILES string of the molecule is COC(=O)c1cc(C(=O)OC)cc(N2CCCCCC2=O)c1. The van der Waals surface area contributed by atoms with Crippen molar-refractivity contribution in [3.63, 3.8) is 0 Å². The van der Waals surface area contributed by atoms with Gasteiger partial charge in [-0.15, -0.1) is 0 Å². The van der Waals surface area contributed by atoms with Crippen LogP contribution in [-0.2, 0) is 14.3 Å². The Kier molecular flexibility index (Phi) is 5.14. The van der Waals surface area contributed by atoms with Gasteiger partial charge in [0.15, 0.2) is 0 Å². The largest absolute Gasteiger partial charge is 0.465 e. The number of ether oxygens (including phenoxy) is 2. The Morgan fingerprint density at radius 2 is 1.55 bits per heavy atom. The van der Waals surface area contributed by atoms with Gasteiger partial charge in [-0.3, -0.25) is 4.79 Å². The second-order valence-electron chi connectivity index (χ2n) is 5.11. The van der Waals surface area contributed by atoms with Crippen LogP contribution in [-0.4, -0.2) is 38.6 Å². The van der Waals surface area contributed by atoms with Crippen molar-refractivity contribution < 1.29 is 23.9 Å². The van der Waals surface area contributed by atoms with Crippen LogP contribution in [0.3, 0.4) is 0 Å². The fourth-order valence-electron chi connectivity index (χ4n) is 2.49. The first kappa shape index (κ1) is 16.0. The van der Waals surface area contributed by atoms with Gasteiger partial charge in [0.2, 0.25) is 5.91 Å². The summed E-state index contributed by atoms with van der Waals surface area (Å²) in [6, 6.07) is 4.55. The molecule has 1 aromatic carbocycles. The Morgan fingerprint density at radius 1 is 0.955 bits per heavy atom. The molecule has 0 spiro atoms. The van der Waals surface area contributed by atoms with E-state index in [0.717, 1.165) is 19.3 Å². The fraction of sp³-hybridized carbons (Fsp3) is 0.438. The first-order valence-corrected chi connectivity index (χ1v) is 7.19. The molecule has 6 heteroatoms. The van der Waals surface area contributed by atoms with Crippen LogP contribution in [0.15, 0.2) is 18.2 Å². The second kappa shape index (κ2) is 7.06. The van der Waals surface area contributed by atoms with Crippen LogP contribution in [0, 0.1) is 0 Å². The minimum absolute atomic E-state index is 0.00432. The van der Waals surface area contributed by atoms with E-state index in [9.17, 15) is 14.4 Å². The zero-order chi connectivity index (χ0) is 16.1. The van der Waals surface area contributed by atoms with Crippen LogP contribution in [0.1, 0.15) is 46.4 Å². The molecule has 2 rings (SSSR count). The van der Waals surface area contributed by atoms with Gasteiger partial charge in [0.05, 0.1) is 25.3 Å². The maximum atomic E-state index is 12.2. The molecule has 0 saturated carbocycles. The molecule has 0 radical (unpaired) electrons. The Balaban J connectivity index is 2.46. The van der Waals surface area contributed by atoms with E-state index >= 15 is 0 Å². The van der Waals surface area contributed by atoms with Crippen LogP contribution in [0.2, 0.25) is 0 Å². The monoisotopic (exact) mass is 305 g/mol. The van der Waals surface area contributed by atoms with Crippen molar-refractivity contribution in [3.8, 4) is 0 Å². The van der Waals surface area contributed by atoms with Crippen LogP contribution >= 0.6 is 0 Å². The third kappa shape index (κ3) is 3.44. The first-order chi connectivity index (χ1) is 10.6. The summed E-state index contributed by atoms with van der Waals surface area (Å²) in [6.45, 7) is 0.573. The van der Waals surface area contributed by atoms with Gasteiger partial charge in [0.1, 0.15) is 0 Å². The van der Waals surface area contributed by atoms with E-state index < -0.39 is 11.9 Å². The molecule has 0 aliphatic carbocycles. The topological polar surface area (TPSA) is 72.9 Å². The van der Waals surface area contributed by atoms with Crippen molar-refractivity contribution in [2.24, 2.45) is 0 Å². The molecule has 0 aromatic heterocycles. The lowest BCUT2D eigenvalue weighted by molar-refractivity contribution is -0.118. The van der Waals surface area contributed by atoms with Gasteiger partial charge < -0.3 is 14.4 Å². The maximum absolute atomic E-state index is 12.2. The van der Waals surface area contributed by atoms with Crippen molar-refractivity contribution in [2.45, 2.75) is 25.7 Å². The number of rotatable bonds is 3. The number of carbonyl (C=O) groups is 3. The molecule has 1 aliphatic heterocycles. The highest BCUT2D eigenvalue weighted by atomic mass is 16.5. The van der Waals surface area contributed by atoms with Crippen LogP contribution in [0.5, 0.6) is 0 Å². The normalized spacial score (nSPS) is 15.2. The standard InChI is InChI=1S/C16H19NO5/c1-21-15(19)11-8-12(16(20)22-2)10-13(9-11)17-7-5-3-4-6-14(17)18/h8-10H,3-7H2,1-2H3. The molecule has 22 heavy (non-hydrogen) atoms. The van der Waals surface area contributed by atoms with E-state index in [1.54, 1.807) is 17.0 Å². The van der Waals surface area contributed by atoms with Gasteiger partial charge in [-0.05, 0) is 31.0 Å². The predicted molar refractivity (Wildman–Crippen MR) is 79.9 cm³/mol. The third-order valence-corrected chi connectivity index (χ3v) is 3.65. The van der Waals surface area contributed by atoms with Gasteiger partial charge in [-0.1, -0.05) is 6.42 Å². The van der Waals surface area contributed by atoms with E-state index in [4.69, 9.17) is 9.47 Å². The molecular formula is C16H19NO5.